The standard InChI is InChI=1S/C18H17F3N4O3S2/c19-18(20,21)30(27,28)15-4-2-1-3-14(15)24-7-5-23(6-8-24)12-13-11-16(26)25-9-10-29-17(25)22-13/h1-4,9-11H,5-8,12H2. The Balaban J connectivity index is 1.49. The average Bonchev–Trinajstić information content (AvgIpc) is 3.17. The van der Waals surface area contributed by atoms with Crippen LogP contribution in [0.3, 0.4) is 0 Å². The molecule has 1 fully saturated rings. The van der Waals surface area contributed by atoms with Gasteiger partial charge < -0.3 is 4.90 Å². The number of thiazole rings is 1. The first-order chi connectivity index (χ1) is 14.2. The summed E-state index contributed by atoms with van der Waals surface area (Å²) in [7, 11) is -5.44. The molecule has 4 rings (SSSR count). The second-order valence-corrected chi connectivity index (χ2v) is 9.60. The Hall–Kier alpha value is -2.44. The van der Waals surface area contributed by atoms with Crippen molar-refractivity contribution >= 4 is 31.8 Å². The van der Waals surface area contributed by atoms with Crippen LogP contribution in [0.15, 0.2) is 51.6 Å². The van der Waals surface area contributed by atoms with Crippen molar-refractivity contribution in [2.24, 2.45) is 0 Å². The molecular weight excluding hydrogens is 441 g/mol. The van der Waals surface area contributed by atoms with E-state index >= 15 is 0 Å². The molecule has 0 saturated carbocycles. The van der Waals surface area contributed by atoms with Crippen molar-refractivity contribution in [1.29, 1.82) is 0 Å². The number of benzene rings is 1. The van der Waals surface area contributed by atoms with Gasteiger partial charge in [0.1, 0.15) is 0 Å². The lowest BCUT2D eigenvalue weighted by molar-refractivity contribution is -0.0435. The molecule has 0 unspecified atom stereocenters. The Kier molecular flexibility index (Phi) is 5.32. The van der Waals surface area contributed by atoms with Gasteiger partial charge in [-0.3, -0.25) is 14.1 Å². The van der Waals surface area contributed by atoms with Crippen LogP contribution in [0.25, 0.3) is 4.96 Å². The molecule has 1 aliphatic rings. The van der Waals surface area contributed by atoms with Crippen molar-refractivity contribution in [2.75, 3.05) is 31.1 Å². The van der Waals surface area contributed by atoms with Gasteiger partial charge in [0.05, 0.1) is 16.3 Å². The first kappa shape index (κ1) is 20.8. The molecule has 0 atom stereocenters. The number of fused-ring (bicyclic) bond motifs is 1. The van der Waals surface area contributed by atoms with Gasteiger partial charge in [-0.2, -0.15) is 13.2 Å². The van der Waals surface area contributed by atoms with Crippen LogP contribution in [0.5, 0.6) is 0 Å². The summed E-state index contributed by atoms with van der Waals surface area (Å²) in [6.45, 7) is 2.12. The highest BCUT2D eigenvalue weighted by atomic mass is 32.2. The molecule has 0 bridgehead atoms. The minimum Gasteiger partial charge on any atom is -0.368 e. The third-order valence-electron chi connectivity index (χ3n) is 4.91. The summed E-state index contributed by atoms with van der Waals surface area (Å²) in [4.78, 5) is 20.1. The van der Waals surface area contributed by atoms with Crippen LogP contribution in [-0.2, 0) is 16.4 Å². The van der Waals surface area contributed by atoms with E-state index in [1.54, 1.807) is 16.5 Å². The first-order valence-corrected chi connectivity index (χ1v) is 11.4. The summed E-state index contributed by atoms with van der Waals surface area (Å²) in [6.07, 6.45) is 1.66. The van der Waals surface area contributed by atoms with E-state index in [2.05, 4.69) is 4.98 Å². The van der Waals surface area contributed by atoms with Gasteiger partial charge in [-0.25, -0.2) is 13.4 Å². The van der Waals surface area contributed by atoms with E-state index in [-0.39, 0.29) is 11.2 Å². The number of anilines is 1. The monoisotopic (exact) mass is 458 g/mol. The Morgan fingerprint density at radius 1 is 1.10 bits per heavy atom. The highest BCUT2D eigenvalue weighted by Gasteiger charge is 2.48. The van der Waals surface area contributed by atoms with Crippen molar-refractivity contribution in [3.63, 3.8) is 0 Å². The topological polar surface area (TPSA) is 75.0 Å². The van der Waals surface area contributed by atoms with E-state index in [9.17, 15) is 26.4 Å². The molecule has 0 spiro atoms. The molecular formula is C18H17F3N4O3S2. The van der Waals surface area contributed by atoms with Crippen LogP contribution in [-0.4, -0.2) is 54.4 Å². The molecule has 3 aromatic rings. The summed E-state index contributed by atoms with van der Waals surface area (Å²) >= 11 is 1.36. The molecule has 0 amide bonds. The van der Waals surface area contributed by atoms with Crippen molar-refractivity contribution in [1.82, 2.24) is 14.3 Å². The Labute approximate surface area is 173 Å². The number of halogens is 3. The van der Waals surface area contributed by atoms with Gasteiger partial charge in [0, 0.05) is 50.4 Å². The van der Waals surface area contributed by atoms with E-state index < -0.39 is 20.2 Å². The molecule has 30 heavy (non-hydrogen) atoms. The lowest BCUT2D eigenvalue weighted by Crippen LogP contribution is -2.46. The van der Waals surface area contributed by atoms with E-state index in [4.69, 9.17) is 0 Å². The fourth-order valence-corrected chi connectivity index (χ4v) is 5.13. The van der Waals surface area contributed by atoms with E-state index in [0.717, 1.165) is 6.07 Å². The predicted octanol–water partition coefficient (Wildman–Crippen LogP) is 2.37. The van der Waals surface area contributed by atoms with Crippen LogP contribution >= 0.6 is 11.3 Å². The Bertz CT molecular complexity index is 1230. The fraction of sp³-hybridized carbons (Fsp3) is 0.333. The van der Waals surface area contributed by atoms with E-state index in [0.29, 0.717) is 43.4 Å². The molecule has 160 valence electrons. The summed E-state index contributed by atoms with van der Waals surface area (Å²) < 4.78 is 64.5. The van der Waals surface area contributed by atoms with Gasteiger partial charge in [-0.15, -0.1) is 11.3 Å². The number of sulfone groups is 1. The maximum atomic E-state index is 13.0. The molecule has 12 heteroatoms. The number of hydrogen-bond acceptors (Lipinski definition) is 7. The lowest BCUT2D eigenvalue weighted by Gasteiger charge is -2.36. The zero-order valence-electron chi connectivity index (χ0n) is 15.5. The molecule has 1 saturated heterocycles. The van der Waals surface area contributed by atoms with Crippen LogP contribution in [0.1, 0.15) is 5.69 Å². The normalized spacial score (nSPS) is 16.3. The summed E-state index contributed by atoms with van der Waals surface area (Å²) in [6, 6.07) is 6.64. The highest BCUT2D eigenvalue weighted by molar-refractivity contribution is 7.92. The Morgan fingerprint density at radius 3 is 2.50 bits per heavy atom. The zero-order chi connectivity index (χ0) is 21.5. The van der Waals surface area contributed by atoms with Gasteiger partial charge in [-0.05, 0) is 12.1 Å². The second kappa shape index (κ2) is 7.67. The van der Waals surface area contributed by atoms with Crippen LogP contribution in [0, 0.1) is 0 Å². The predicted molar refractivity (Wildman–Crippen MR) is 107 cm³/mol. The largest absolute Gasteiger partial charge is 0.501 e. The van der Waals surface area contributed by atoms with Crippen molar-refractivity contribution in [3.05, 3.63) is 58.0 Å². The number of rotatable bonds is 4. The van der Waals surface area contributed by atoms with E-state index in [1.807, 2.05) is 4.90 Å². The summed E-state index contributed by atoms with van der Waals surface area (Å²) in [5, 5.41) is 1.78. The van der Waals surface area contributed by atoms with Gasteiger partial charge in [0.25, 0.3) is 15.4 Å². The smallest absolute Gasteiger partial charge is 0.368 e. The molecule has 2 aromatic heterocycles. The minimum atomic E-state index is -5.44. The lowest BCUT2D eigenvalue weighted by atomic mass is 10.2. The third-order valence-corrected chi connectivity index (χ3v) is 7.20. The van der Waals surface area contributed by atoms with Gasteiger partial charge in [-0.1, -0.05) is 12.1 Å². The molecule has 1 aliphatic heterocycles. The van der Waals surface area contributed by atoms with Crippen LogP contribution < -0.4 is 10.5 Å². The second-order valence-electron chi connectivity index (χ2n) is 6.82. The third kappa shape index (κ3) is 3.82. The SMILES string of the molecule is O=c1cc(CN2CCN(c3ccccc3S(=O)(=O)C(F)(F)F)CC2)nc2sccn12. The molecule has 0 N–H and O–H groups in total. The first-order valence-electron chi connectivity index (χ1n) is 9.00. The van der Waals surface area contributed by atoms with Crippen LogP contribution in [0.2, 0.25) is 0 Å². The van der Waals surface area contributed by atoms with Crippen LogP contribution in [0.4, 0.5) is 18.9 Å². The van der Waals surface area contributed by atoms with Gasteiger partial charge in [0.2, 0.25) is 0 Å². The highest BCUT2D eigenvalue weighted by Crippen LogP contribution is 2.36. The minimum absolute atomic E-state index is 0.0471. The summed E-state index contributed by atoms with van der Waals surface area (Å²) in [5.41, 5.74) is -4.85. The van der Waals surface area contributed by atoms with Gasteiger partial charge >= 0.3 is 5.51 Å². The maximum absolute atomic E-state index is 13.0. The van der Waals surface area contributed by atoms with Crippen molar-refractivity contribution in [2.45, 2.75) is 16.9 Å². The Morgan fingerprint density at radius 2 is 1.80 bits per heavy atom. The molecule has 7 nitrogen and oxygen atoms in total. The molecule has 0 radical (unpaired) electrons. The number of nitrogens with zero attached hydrogens (tertiary/aromatic N) is 4. The number of hydrogen-bond donors (Lipinski definition) is 0. The number of piperazine rings is 1. The molecule has 1 aromatic carbocycles. The van der Waals surface area contributed by atoms with Crippen molar-refractivity contribution < 1.29 is 21.6 Å². The number of alkyl halides is 3. The van der Waals surface area contributed by atoms with E-state index in [1.165, 1.54) is 40.0 Å². The maximum Gasteiger partial charge on any atom is 0.501 e. The average molecular weight is 458 g/mol. The number of para-hydroxylation sites is 1. The molecule has 3 heterocycles. The van der Waals surface area contributed by atoms with Crippen molar-refractivity contribution in [3.8, 4) is 0 Å². The van der Waals surface area contributed by atoms with Gasteiger partial charge in [0.15, 0.2) is 4.96 Å². The quantitative estimate of drug-likeness (QED) is 0.598. The molecule has 0 aliphatic carbocycles. The summed E-state index contributed by atoms with van der Waals surface area (Å²) in [5.74, 6) is 0. The number of aromatic nitrogens is 2. The zero-order valence-corrected chi connectivity index (χ0v) is 17.2. The fourth-order valence-electron chi connectivity index (χ4n) is 3.42.